The maximum absolute atomic E-state index is 6.03. The van der Waals surface area contributed by atoms with Gasteiger partial charge in [0, 0.05) is 12.1 Å². The van der Waals surface area contributed by atoms with Crippen molar-refractivity contribution in [2.75, 3.05) is 20.5 Å². The summed E-state index contributed by atoms with van der Waals surface area (Å²) in [6.07, 6.45) is 4.33. The largest absolute Gasteiger partial charge is 0.497 e. The van der Waals surface area contributed by atoms with Crippen LogP contribution in [0.25, 0.3) is 0 Å². The summed E-state index contributed by atoms with van der Waals surface area (Å²) in [6.45, 7) is 3.18. The van der Waals surface area contributed by atoms with E-state index in [0.29, 0.717) is 0 Å². The summed E-state index contributed by atoms with van der Waals surface area (Å²) in [5.74, 6) is 2.34. The first kappa shape index (κ1) is 15.1. The highest BCUT2D eigenvalue weighted by Crippen LogP contribution is 2.29. The van der Waals surface area contributed by atoms with E-state index >= 15 is 0 Å². The summed E-state index contributed by atoms with van der Waals surface area (Å²) in [5, 5.41) is 0. The van der Waals surface area contributed by atoms with Crippen molar-refractivity contribution in [2.24, 2.45) is 11.7 Å². The van der Waals surface area contributed by atoms with Crippen LogP contribution in [0.3, 0.4) is 0 Å². The molecule has 2 rings (SSSR count). The molecule has 1 fully saturated rings. The van der Waals surface area contributed by atoms with Gasteiger partial charge in [0.05, 0.1) is 13.7 Å². The molecule has 1 aromatic carbocycles. The highest BCUT2D eigenvalue weighted by atomic mass is 16.7. The summed E-state index contributed by atoms with van der Waals surface area (Å²) < 4.78 is 16.5. The lowest BCUT2D eigenvalue weighted by molar-refractivity contribution is 0.00933. The molecule has 0 saturated heterocycles. The van der Waals surface area contributed by atoms with E-state index in [9.17, 15) is 0 Å². The summed E-state index contributed by atoms with van der Waals surface area (Å²) in [4.78, 5) is 0. The standard InChI is InChI=1S/C16H25NO3/c1-3-14(17)8-13-6-7-15(18-2)9-16(13)20-11-19-10-12-4-5-12/h6-7,9,12,14H,3-5,8,10-11,17H2,1-2H3. The number of hydrogen-bond acceptors (Lipinski definition) is 4. The van der Waals surface area contributed by atoms with Gasteiger partial charge in [-0.05, 0) is 43.2 Å². The van der Waals surface area contributed by atoms with E-state index in [2.05, 4.69) is 6.92 Å². The van der Waals surface area contributed by atoms with Gasteiger partial charge in [-0.25, -0.2) is 0 Å². The van der Waals surface area contributed by atoms with Gasteiger partial charge in [0.25, 0.3) is 0 Å². The molecule has 4 nitrogen and oxygen atoms in total. The number of hydrogen-bond donors (Lipinski definition) is 1. The maximum atomic E-state index is 6.03. The quantitative estimate of drug-likeness (QED) is 0.558. The number of nitrogens with two attached hydrogens (primary N) is 1. The van der Waals surface area contributed by atoms with Gasteiger partial charge in [0.2, 0.25) is 0 Å². The Kier molecular flexibility index (Phi) is 5.68. The van der Waals surface area contributed by atoms with E-state index < -0.39 is 0 Å². The van der Waals surface area contributed by atoms with E-state index in [1.807, 2.05) is 18.2 Å². The molecule has 0 aromatic heterocycles. The Bertz CT molecular complexity index is 418. The highest BCUT2D eigenvalue weighted by molar-refractivity contribution is 5.41. The molecule has 1 aliphatic rings. The number of ether oxygens (including phenoxy) is 3. The van der Waals surface area contributed by atoms with Crippen molar-refractivity contribution in [1.82, 2.24) is 0 Å². The Labute approximate surface area is 121 Å². The van der Waals surface area contributed by atoms with E-state index in [-0.39, 0.29) is 12.8 Å². The minimum absolute atomic E-state index is 0.151. The normalized spacial score (nSPS) is 15.9. The zero-order valence-electron chi connectivity index (χ0n) is 12.4. The fourth-order valence-electron chi connectivity index (χ4n) is 2.00. The minimum atomic E-state index is 0.151. The van der Waals surface area contributed by atoms with Crippen LogP contribution in [-0.2, 0) is 11.2 Å². The molecular weight excluding hydrogens is 254 g/mol. The zero-order chi connectivity index (χ0) is 14.4. The molecule has 2 N–H and O–H groups in total. The molecule has 112 valence electrons. The average Bonchev–Trinajstić information content (AvgIpc) is 3.29. The first-order chi connectivity index (χ1) is 9.72. The van der Waals surface area contributed by atoms with Crippen LogP contribution >= 0.6 is 0 Å². The monoisotopic (exact) mass is 279 g/mol. The van der Waals surface area contributed by atoms with Crippen molar-refractivity contribution in [3.8, 4) is 11.5 Å². The summed E-state index contributed by atoms with van der Waals surface area (Å²) in [5.41, 5.74) is 7.14. The number of methoxy groups -OCH3 is 1. The Balaban J connectivity index is 1.93. The smallest absolute Gasteiger partial charge is 0.189 e. The number of benzene rings is 1. The van der Waals surface area contributed by atoms with Crippen LogP contribution in [0.4, 0.5) is 0 Å². The van der Waals surface area contributed by atoms with Crippen LogP contribution in [0.2, 0.25) is 0 Å². The van der Waals surface area contributed by atoms with Crippen molar-refractivity contribution in [3.05, 3.63) is 23.8 Å². The third-order valence-corrected chi connectivity index (χ3v) is 3.63. The van der Waals surface area contributed by atoms with Gasteiger partial charge in [-0.1, -0.05) is 13.0 Å². The molecule has 1 unspecified atom stereocenters. The lowest BCUT2D eigenvalue weighted by Gasteiger charge is -2.15. The maximum Gasteiger partial charge on any atom is 0.189 e. The number of rotatable bonds is 9. The van der Waals surface area contributed by atoms with Crippen molar-refractivity contribution >= 4 is 0 Å². The van der Waals surface area contributed by atoms with Crippen LogP contribution in [-0.4, -0.2) is 26.6 Å². The van der Waals surface area contributed by atoms with E-state index in [1.54, 1.807) is 7.11 Å². The summed E-state index contributed by atoms with van der Waals surface area (Å²) in [7, 11) is 1.65. The van der Waals surface area contributed by atoms with Crippen LogP contribution in [0, 0.1) is 5.92 Å². The van der Waals surface area contributed by atoms with Gasteiger partial charge < -0.3 is 19.9 Å². The SMILES string of the molecule is CCC(N)Cc1ccc(OC)cc1OCOCC1CC1. The molecule has 0 spiro atoms. The predicted octanol–water partition coefficient (Wildman–Crippen LogP) is 2.74. The Morgan fingerprint density at radius 3 is 2.80 bits per heavy atom. The first-order valence-electron chi connectivity index (χ1n) is 7.36. The Morgan fingerprint density at radius 2 is 2.15 bits per heavy atom. The van der Waals surface area contributed by atoms with Gasteiger partial charge in [0.1, 0.15) is 11.5 Å². The van der Waals surface area contributed by atoms with Gasteiger partial charge in [-0.3, -0.25) is 0 Å². The van der Waals surface area contributed by atoms with Crippen LogP contribution in [0.15, 0.2) is 18.2 Å². The predicted molar refractivity (Wildman–Crippen MR) is 79.1 cm³/mol. The molecule has 20 heavy (non-hydrogen) atoms. The second-order valence-electron chi connectivity index (χ2n) is 5.42. The lowest BCUT2D eigenvalue weighted by atomic mass is 10.0. The Hall–Kier alpha value is -1.26. The second kappa shape index (κ2) is 7.50. The Morgan fingerprint density at radius 1 is 1.35 bits per heavy atom. The van der Waals surface area contributed by atoms with Gasteiger partial charge >= 0.3 is 0 Å². The molecule has 0 radical (unpaired) electrons. The van der Waals surface area contributed by atoms with Crippen molar-refractivity contribution in [2.45, 2.75) is 38.6 Å². The fraction of sp³-hybridized carbons (Fsp3) is 0.625. The van der Waals surface area contributed by atoms with Crippen molar-refractivity contribution in [3.63, 3.8) is 0 Å². The van der Waals surface area contributed by atoms with E-state index in [0.717, 1.165) is 42.4 Å². The lowest BCUT2D eigenvalue weighted by Crippen LogP contribution is -2.22. The van der Waals surface area contributed by atoms with Crippen molar-refractivity contribution in [1.29, 1.82) is 0 Å². The second-order valence-corrected chi connectivity index (χ2v) is 5.42. The summed E-state index contributed by atoms with van der Waals surface area (Å²) in [6, 6.07) is 6.01. The molecule has 1 saturated carbocycles. The average molecular weight is 279 g/mol. The van der Waals surface area contributed by atoms with E-state index in [4.69, 9.17) is 19.9 Å². The van der Waals surface area contributed by atoms with Crippen LogP contribution < -0.4 is 15.2 Å². The van der Waals surface area contributed by atoms with E-state index in [1.165, 1.54) is 12.8 Å². The summed E-state index contributed by atoms with van der Waals surface area (Å²) >= 11 is 0. The first-order valence-corrected chi connectivity index (χ1v) is 7.36. The molecule has 0 aliphatic heterocycles. The molecule has 0 heterocycles. The van der Waals surface area contributed by atoms with Gasteiger partial charge in [-0.2, -0.15) is 0 Å². The third-order valence-electron chi connectivity index (χ3n) is 3.63. The van der Waals surface area contributed by atoms with Gasteiger partial charge in [0.15, 0.2) is 6.79 Å². The minimum Gasteiger partial charge on any atom is -0.497 e. The van der Waals surface area contributed by atoms with Crippen molar-refractivity contribution < 1.29 is 14.2 Å². The fourth-order valence-corrected chi connectivity index (χ4v) is 2.00. The highest BCUT2D eigenvalue weighted by Gasteiger charge is 2.21. The molecule has 0 amide bonds. The topological polar surface area (TPSA) is 53.7 Å². The van der Waals surface area contributed by atoms with Crippen LogP contribution in [0.5, 0.6) is 11.5 Å². The molecule has 4 heteroatoms. The molecule has 1 aliphatic carbocycles. The molecule has 1 atom stereocenters. The molecule has 0 bridgehead atoms. The van der Waals surface area contributed by atoms with Crippen LogP contribution in [0.1, 0.15) is 31.7 Å². The molecule has 1 aromatic rings. The van der Waals surface area contributed by atoms with Gasteiger partial charge in [-0.15, -0.1) is 0 Å². The zero-order valence-corrected chi connectivity index (χ0v) is 12.4. The molecular formula is C16H25NO3. The third kappa shape index (κ3) is 4.69.